The van der Waals surface area contributed by atoms with E-state index in [1.807, 2.05) is 24.3 Å². The number of aliphatic hydroxyl groups is 1. The Labute approximate surface area is 108 Å². The van der Waals surface area contributed by atoms with Crippen LogP contribution in [0, 0.1) is 0 Å². The Morgan fingerprint density at radius 3 is 2.82 bits per heavy atom. The van der Waals surface area contributed by atoms with Crippen molar-refractivity contribution in [2.24, 2.45) is 0 Å². The second kappa shape index (κ2) is 5.25. The van der Waals surface area contributed by atoms with E-state index in [0.717, 1.165) is 15.7 Å². The van der Waals surface area contributed by atoms with Gasteiger partial charge in [0.25, 0.3) is 0 Å². The largest absolute Gasteiger partial charge is 0.390 e. The molecule has 0 unspecified atom stereocenters. The molecule has 1 aromatic carbocycles. The normalized spacial score (nSPS) is 10.5. The van der Waals surface area contributed by atoms with Crippen LogP contribution in [0.15, 0.2) is 41.4 Å². The molecule has 2 aromatic rings. The maximum atomic E-state index is 9.30. The highest BCUT2D eigenvalue weighted by Gasteiger charge is 2.15. The minimum Gasteiger partial charge on any atom is -0.390 e. The van der Waals surface area contributed by atoms with E-state index in [0.29, 0.717) is 12.2 Å². The molecule has 0 aliphatic rings. The molecule has 1 aromatic heterocycles. The van der Waals surface area contributed by atoms with Crippen molar-refractivity contribution in [2.75, 3.05) is 0 Å². The van der Waals surface area contributed by atoms with Crippen molar-refractivity contribution in [1.82, 2.24) is 15.0 Å². The lowest BCUT2D eigenvalue weighted by Crippen LogP contribution is -2.01. The van der Waals surface area contributed by atoms with E-state index in [-0.39, 0.29) is 6.61 Å². The molecular weight excluding hydrogens is 282 g/mol. The van der Waals surface area contributed by atoms with Gasteiger partial charge in [-0.05, 0) is 6.07 Å². The van der Waals surface area contributed by atoms with Crippen LogP contribution >= 0.6 is 15.9 Å². The lowest BCUT2D eigenvalue weighted by Gasteiger charge is -2.07. The number of hydrogen-bond donors (Lipinski definition) is 1. The Kier molecular flexibility index (Phi) is 3.71. The summed E-state index contributed by atoms with van der Waals surface area (Å²) in [5.41, 5.74) is 2.35. The van der Waals surface area contributed by atoms with Gasteiger partial charge in [-0.1, -0.05) is 45.4 Å². The summed E-state index contributed by atoms with van der Waals surface area (Å²) in [7, 11) is 0. The highest BCUT2D eigenvalue weighted by atomic mass is 79.9. The fraction of sp³-hybridized carbons (Fsp3) is 0.167. The van der Waals surface area contributed by atoms with Crippen LogP contribution in [0.5, 0.6) is 0 Å². The van der Waals surface area contributed by atoms with Gasteiger partial charge in [-0.3, -0.25) is 0 Å². The van der Waals surface area contributed by atoms with Gasteiger partial charge in [0.05, 0.1) is 18.8 Å². The van der Waals surface area contributed by atoms with E-state index in [9.17, 15) is 5.11 Å². The van der Waals surface area contributed by atoms with Crippen LogP contribution in [0.2, 0.25) is 0 Å². The van der Waals surface area contributed by atoms with E-state index in [1.54, 1.807) is 10.8 Å². The van der Waals surface area contributed by atoms with Gasteiger partial charge in [-0.25, -0.2) is 4.68 Å². The Balaban J connectivity index is 2.60. The summed E-state index contributed by atoms with van der Waals surface area (Å²) in [6.07, 6.45) is 1.75. The third-order valence-electron chi connectivity index (χ3n) is 2.39. The number of halogens is 1. The molecule has 5 heteroatoms. The van der Waals surface area contributed by atoms with Gasteiger partial charge in [-0.2, -0.15) is 0 Å². The van der Waals surface area contributed by atoms with Crippen LogP contribution in [0.3, 0.4) is 0 Å². The summed E-state index contributed by atoms with van der Waals surface area (Å²) in [4.78, 5) is 0. The maximum Gasteiger partial charge on any atom is 0.116 e. The number of benzene rings is 1. The van der Waals surface area contributed by atoms with Gasteiger partial charge in [0.2, 0.25) is 0 Å². The van der Waals surface area contributed by atoms with E-state index < -0.39 is 0 Å². The van der Waals surface area contributed by atoms with Crippen molar-refractivity contribution in [2.45, 2.75) is 13.2 Å². The van der Waals surface area contributed by atoms with Crippen LogP contribution in [-0.2, 0) is 13.2 Å². The molecule has 1 N–H and O–H groups in total. The summed E-state index contributed by atoms with van der Waals surface area (Å²) in [5.74, 6) is 0. The summed E-state index contributed by atoms with van der Waals surface area (Å²) in [6, 6.07) is 7.78. The second-order valence-corrected chi connectivity index (χ2v) is 4.35. The minimum absolute atomic E-state index is 0.131. The van der Waals surface area contributed by atoms with Crippen molar-refractivity contribution < 1.29 is 5.11 Å². The molecular formula is C12H12BrN3O. The Bertz CT molecular complexity index is 536. The smallest absolute Gasteiger partial charge is 0.116 e. The first-order valence-electron chi connectivity index (χ1n) is 5.17. The first kappa shape index (κ1) is 12.0. The predicted molar refractivity (Wildman–Crippen MR) is 69.3 cm³/mol. The molecule has 0 saturated heterocycles. The molecule has 0 aliphatic carbocycles. The van der Waals surface area contributed by atoms with Crippen LogP contribution in [0.25, 0.3) is 11.3 Å². The monoisotopic (exact) mass is 293 g/mol. The van der Waals surface area contributed by atoms with Crippen LogP contribution in [0.4, 0.5) is 0 Å². The molecule has 0 aliphatic heterocycles. The zero-order valence-corrected chi connectivity index (χ0v) is 10.8. The topological polar surface area (TPSA) is 50.9 Å². The zero-order valence-electron chi connectivity index (χ0n) is 9.17. The van der Waals surface area contributed by atoms with Crippen LogP contribution in [-0.4, -0.2) is 20.1 Å². The lowest BCUT2D eigenvalue weighted by atomic mass is 10.1. The van der Waals surface area contributed by atoms with Crippen molar-refractivity contribution in [1.29, 1.82) is 0 Å². The molecule has 0 bridgehead atoms. The average molecular weight is 294 g/mol. The summed E-state index contributed by atoms with van der Waals surface area (Å²) >= 11 is 3.49. The Hall–Kier alpha value is -1.46. The summed E-state index contributed by atoms with van der Waals surface area (Å²) in [6.45, 7) is 4.11. The van der Waals surface area contributed by atoms with Crippen molar-refractivity contribution in [3.05, 3.63) is 47.1 Å². The van der Waals surface area contributed by atoms with Crippen molar-refractivity contribution in [3.63, 3.8) is 0 Å². The van der Waals surface area contributed by atoms with Gasteiger partial charge in [0.1, 0.15) is 5.69 Å². The van der Waals surface area contributed by atoms with Gasteiger partial charge < -0.3 is 5.11 Å². The Morgan fingerprint density at radius 1 is 1.41 bits per heavy atom. The molecule has 88 valence electrons. The number of hydrogen-bond acceptors (Lipinski definition) is 3. The van der Waals surface area contributed by atoms with E-state index in [1.165, 1.54) is 0 Å². The molecule has 0 saturated carbocycles. The first-order chi connectivity index (χ1) is 8.27. The molecule has 0 spiro atoms. The molecule has 0 amide bonds. The number of allylic oxidation sites excluding steroid dienone is 1. The molecule has 17 heavy (non-hydrogen) atoms. The Morgan fingerprint density at radius 2 is 2.18 bits per heavy atom. The van der Waals surface area contributed by atoms with E-state index in [2.05, 4.69) is 32.8 Å². The number of aromatic nitrogens is 3. The predicted octanol–water partition coefficient (Wildman–Crippen LogP) is 2.39. The average Bonchev–Trinajstić information content (AvgIpc) is 2.73. The fourth-order valence-electron chi connectivity index (χ4n) is 1.65. The minimum atomic E-state index is -0.131. The van der Waals surface area contributed by atoms with Gasteiger partial charge in [0.15, 0.2) is 0 Å². The van der Waals surface area contributed by atoms with Crippen molar-refractivity contribution >= 4 is 15.9 Å². The quantitative estimate of drug-likeness (QED) is 0.881. The maximum absolute atomic E-state index is 9.30. The molecule has 1 heterocycles. The van der Waals surface area contributed by atoms with E-state index in [4.69, 9.17) is 0 Å². The molecule has 0 radical (unpaired) electrons. The summed E-state index contributed by atoms with van der Waals surface area (Å²) in [5, 5.41) is 17.3. The third kappa shape index (κ3) is 2.30. The summed E-state index contributed by atoms with van der Waals surface area (Å²) < 4.78 is 2.67. The highest BCUT2D eigenvalue weighted by molar-refractivity contribution is 9.10. The third-order valence-corrected chi connectivity index (χ3v) is 3.08. The highest BCUT2D eigenvalue weighted by Crippen LogP contribution is 2.29. The fourth-order valence-corrected chi connectivity index (χ4v) is 2.13. The van der Waals surface area contributed by atoms with Crippen LogP contribution < -0.4 is 0 Å². The molecule has 0 fully saturated rings. The van der Waals surface area contributed by atoms with Crippen LogP contribution in [0.1, 0.15) is 5.69 Å². The number of nitrogens with zero attached hydrogens (tertiary/aromatic N) is 3. The number of rotatable bonds is 4. The molecule has 2 rings (SSSR count). The standard InChI is InChI=1S/C12H12BrN3O/c1-2-7-16-12(11(8-17)14-15-16)9-5-3-4-6-10(9)13/h2-6,17H,1,7-8H2. The zero-order chi connectivity index (χ0) is 12.3. The van der Waals surface area contributed by atoms with E-state index >= 15 is 0 Å². The molecule has 4 nitrogen and oxygen atoms in total. The van der Waals surface area contributed by atoms with Gasteiger partial charge in [-0.15, -0.1) is 11.7 Å². The second-order valence-electron chi connectivity index (χ2n) is 3.49. The lowest BCUT2D eigenvalue weighted by molar-refractivity contribution is 0.277. The van der Waals surface area contributed by atoms with Gasteiger partial charge >= 0.3 is 0 Å². The van der Waals surface area contributed by atoms with Crippen molar-refractivity contribution in [3.8, 4) is 11.3 Å². The SMILES string of the molecule is C=CCn1nnc(CO)c1-c1ccccc1Br. The molecule has 0 atom stereocenters. The van der Waals surface area contributed by atoms with Gasteiger partial charge in [0, 0.05) is 10.0 Å². The number of aliphatic hydroxyl groups excluding tert-OH is 1. The first-order valence-corrected chi connectivity index (χ1v) is 5.96.